The molecule has 0 spiro atoms. The third kappa shape index (κ3) is 8.23. The quantitative estimate of drug-likeness (QED) is 0.256. The Morgan fingerprint density at radius 3 is 2.19 bits per heavy atom. The fourth-order valence-corrected chi connectivity index (χ4v) is 3.11. The van der Waals surface area contributed by atoms with Gasteiger partial charge in [-0.1, -0.05) is 13.8 Å². The van der Waals surface area contributed by atoms with Crippen molar-refractivity contribution >= 4 is 28.8 Å². The summed E-state index contributed by atoms with van der Waals surface area (Å²) in [5.74, 6) is -3.17. The molecule has 37 heavy (non-hydrogen) atoms. The van der Waals surface area contributed by atoms with E-state index in [1.165, 1.54) is 17.1 Å². The number of aromatic nitrogens is 3. The van der Waals surface area contributed by atoms with Crippen molar-refractivity contribution < 1.29 is 53.0 Å². The fourth-order valence-electron chi connectivity index (χ4n) is 3.11. The minimum atomic E-state index is -5.08. The van der Waals surface area contributed by atoms with E-state index in [2.05, 4.69) is 9.97 Å². The van der Waals surface area contributed by atoms with Crippen LogP contribution in [-0.4, -0.2) is 89.1 Å². The van der Waals surface area contributed by atoms with Gasteiger partial charge in [-0.25, -0.2) is 14.8 Å². The summed E-state index contributed by atoms with van der Waals surface area (Å²) in [5.41, 5.74) is 11.5. The van der Waals surface area contributed by atoms with Gasteiger partial charge in [0.25, 0.3) is 0 Å². The van der Waals surface area contributed by atoms with Gasteiger partial charge in [-0.15, -0.1) is 0 Å². The Morgan fingerprint density at radius 1 is 1.24 bits per heavy atom. The molecule has 3 rings (SSSR count). The number of carboxylic acids is 2. The largest absolute Gasteiger partial charge is 0.490 e. The monoisotopic (exact) mass is 536 g/mol. The summed E-state index contributed by atoms with van der Waals surface area (Å²) in [4.78, 5) is 26.9. The summed E-state index contributed by atoms with van der Waals surface area (Å²) in [6.45, 7) is 3.46. The molecule has 2 aromatic heterocycles. The molecule has 0 aliphatic carbocycles. The van der Waals surface area contributed by atoms with Crippen molar-refractivity contribution in [2.45, 2.75) is 57.0 Å². The average Bonchev–Trinajstić information content (AvgIpc) is 3.31. The van der Waals surface area contributed by atoms with Gasteiger partial charge < -0.3 is 46.3 Å². The molecule has 0 aromatic carbocycles. The Bertz CT molecular complexity index is 1120. The van der Waals surface area contributed by atoms with Crippen LogP contribution in [0.4, 0.5) is 19.0 Å². The number of nitrogens with two attached hydrogens (primary N) is 2. The molecule has 14 nitrogen and oxygen atoms in total. The molecule has 1 fully saturated rings. The maximum absolute atomic E-state index is 10.6. The number of anilines is 1. The second-order valence-corrected chi connectivity index (χ2v) is 8.13. The van der Waals surface area contributed by atoms with Gasteiger partial charge in [-0.2, -0.15) is 18.4 Å². The minimum Gasteiger partial charge on any atom is -0.480 e. The number of rotatable bonds is 5. The number of carbonyl (C=O) groups is 2. The molecule has 0 radical (unpaired) electrons. The molecule has 0 unspecified atom stereocenters. The molecule has 1 aliphatic rings. The number of hydrogen-bond acceptors (Lipinski definition) is 11. The SMILES string of the molecule is CC(C)C[C@H](N)C(=O)O.N#Cc1cn([C@@H]2O[C@H](CO)[C@@H](O)[C@H]2O)c2ncnc(N)c12.O=C(O)C(F)(F)F. The van der Waals surface area contributed by atoms with Crippen molar-refractivity contribution in [3.63, 3.8) is 0 Å². The van der Waals surface area contributed by atoms with Crippen LogP contribution in [0.1, 0.15) is 32.1 Å². The number of nitriles is 1. The highest BCUT2D eigenvalue weighted by Crippen LogP contribution is 2.34. The number of aliphatic hydroxyl groups excluding tert-OH is 3. The average molecular weight is 536 g/mol. The van der Waals surface area contributed by atoms with E-state index in [1.54, 1.807) is 0 Å². The third-order valence-corrected chi connectivity index (χ3v) is 4.84. The van der Waals surface area contributed by atoms with Gasteiger partial charge in [-0.3, -0.25) is 4.79 Å². The Hall–Kier alpha value is -3.56. The van der Waals surface area contributed by atoms with E-state index in [0.29, 0.717) is 23.4 Å². The fraction of sp³-hybridized carbons (Fsp3) is 0.550. The number of fused-ring (bicyclic) bond motifs is 1. The molecule has 1 aliphatic heterocycles. The van der Waals surface area contributed by atoms with Crippen LogP contribution in [0.5, 0.6) is 0 Å². The van der Waals surface area contributed by atoms with Crippen LogP contribution in [0.3, 0.4) is 0 Å². The number of hydrogen-bond donors (Lipinski definition) is 7. The molecule has 206 valence electrons. The molecule has 5 atom stereocenters. The first-order valence-electron chi connectivity index (χ1n) is 10.5. The van der Waals surface area contributed by atoms with Crippen LogP contribution in [0, 0.1) is 17.2 Å². The lowest BCUT2D eigenvalue weighted by Gasteiger charge is -2.17. The van der Waals surface area contributed by atoms with Gasteiger partial charge in [0.15, 0.2) is 6.23 Å². The number of alkyl halides is 3. The van der Waals surface area contributed by atoms with Crippen LogP contribution in [0.15, 0.2) is 12.5 Å². The van der Waals surface area contributed by atoms with E-state index in [9.17, 15) is 28.2 Å². The highest BCUT2D eigenvalue weighted by molar-refractivity contribution is 5.92. The van der Waals surface area contributed by atoms with Gasteiger partial charge in [0, 0.05) is 6.20 Å². The van der Waals surface area contributed by atoms with E-state index in [4.69, 9.17) is 41.6 Å². The first-order valence-corrected chi connectivity index (χ1v) is 10.5. The molecule has 9 N–H and O–H groups in total. The van der Waals surface area contributed by atoms with Crippen molar-refractivity contribution in [2.24, 2.45) is 11.7 Å². The maximum Gasteiger partial charge on any atom is 0.490 e. The number of carboxylic acid groups (broad SMARTS) is 2. The highest BCUT2D eigenvalue weighted by Gasteiger charge is 2.44. The topological polar surface area (TPSA) is 251 Å². The van der Waals surface area contributed by atoms with E-state index < -0.39 is 55.3 Å². The number of nitrogens with zero attached hydrogens (tertiary/aromatic N) is 4. The third-order valence-electron chi connectivity index (χ3n) is 4.84. The summed E-state index contributed by atoms with van der Waals surface area (Å²) < 4.78 is 38.6. The molecular weight excluding hydrogens is 509 g/mol. The van der Waals surface area contributed by atoms with Crippen LogP contribution in [0.2, 0.25) is 0 Å². The lowest BCUT2D eigenvalue weighted by molar-refractivity contribution is -0.192. The van der Waals surface area contributed by atoms with Crippen molar-refractivity contribution in [1.29, 1.82) is 5.26 Å². The first-order chi connectivity index (χ1) is 17.1. The van der Waals surface area contributed by atoms with Crippen molar-refractivity contribution in [1.82, 2.24) is 14.5 Å². The second-order valence-electron chi connectivity index (χ2n) is 8.13. The Morgan fingerprint density at radius 2 is 1.81 bits per heavy atom. The minimum absolute atomic E-state index is 0.141. The lowest BCUT2D eigenvalue weighted by Crippen LogP contribution is -2.33. The normalized spacial score (nSPS) is 21.9. The van der Waals surface area contributed by atoms with Crippen LogP contribution in [-0.2, 0) is 14.3 Å². The molecule has 0 amide bonds. The number of nitrogen functional groups attached to an aromatic ring is 1. The van der Waals surface area contributed by atoms with Crippen molar-refractivity contribution in [2.75, 3.05) is 12.3 Å². The van der Waals surface area contributed by atoms with Gasteiger partial charge >= 0.3 is 18.1 Å². The van der Waals surface area contributed by atoms with Crippen LogP contribution in [0.25, 0.3) is 11.0 Å². The number of aliphatic hydroxyl groups is 3. The zero-order valence-electron chi connectivity index (χ0n) is 19.6. The van der Waals surface area contributed by atoms with E-state index in [0.717, 1.165) is 0 Å². The van der Waals surface area contributed by atoms with E-state index >= 15 is 0 Å². The summed E-state index contributed by atoms with van der Waals surface area (Å²) in [6, 6.07) is 1.29. The summed E-state index contributed by atoms with van der Waals surface area (Å²) >= 11 is 0. The predicted molar refractivity (Wildman–Crippen MR) is 118 cm³/mol. The lowest BCUT2D eigenvalue weighted by atomic mass is 10.1. The zero-order chi connectivity index (χ0) is 28.7. The summed E-state index contributed by atoms with van der Waals surface area (Å²) in [5, 5.41) is 53.9. The van der Waals surface area contributed by atoms with Crippen molar-refractivity contribution in [3.05, 3.63) is 18.1 Å². The molecular formula is C20H27F3N6O8. The smallest absolute Gasteiger partial charge is 0.480 e. The molecule has 0 saturated carbocycles. The number of ether oxygens (including phenoxy) is 1. The Kier molecular flexibility index (Phi) is 11.2. The highest BCUT2D eigenvalue weighted by atomic mass is 19.4. The standard InChI is InChI=1S/C12H13N5O4.C6H13NO2.C2HF3O2/c13-1-5-2-17(11-7(5)10(14)15-4-16-11)12-9(20)8(19)6(3-18)21-12;1-4(2)3-5(7)6(8)9;3-2(4,5)1(6)7/h2,4,6,8-9,12,18-20H,3H2,(H2,14,15,16);4-5H,3,7H2,1-2H3,(H,8,9);(H,6,7)/t6-,8-,9-,12-;5-;/m10./s1. The summed E-state index contributed by atoms with van der Waals surface area (Å²) in [7, 11) is 0. The number of halogens is 3. The molecule has 2 aromatic rings. The predicted octanol–water partition coefficient (Wildman–Crippen LogP) is -0.426. The molecule has 17 heteroatoms. The van der Waals surface area contributed by atoms with E-state index in [1.807, 2.05) is 19.9 Å². The summed E-state index contributed by atoms with van der Waals surface area (Å²) in [6.07, 6.45) is -6.26. The maximum atomic E-state index is 10.6. The van der Waals surface area contributed by atoms with Gasteiger partial charge in [0.05, 0.1) is 17.6 Å². The second kappa shape index (κ2) is 13.1. The Labute approximate surface area is 207 Å². The van der Waals surface area contributed by atoms with Crippen LogP contribution >= 0.6 is 0 Å². The molecule has 0 bridgehead atoms. The first kappa shape index (κ1) is 31.5. The zero-order valence-corrected chi connectivity index (χ0v) is 19.6. The Balaban J connectivity index is 0.000000356. The molecule has 3 heterocycles. The molecule has 1 saturated heterocycles. The van der Waals surface area contributed by atoms with Gasteiger partial charge in [0.2, 0.25) is 0 Å². The number of aliphatic carboxylic acids is 2. The van der Waals surface area contributed by atoms with Crippen LogP contribution < -0.4 is 11.5 Å². The van der Waals surface area contributed by atoms with Gasteiger partial charge in [0.1, 0.15) is 48.2 Å². The van der Waals surface area contributed by atoms with Gasteiger partial charge in [-0.05, 0) is 12.3 Å². The van der Waals surface area contributed by atoms with E-state index in [-0.39, 0.29) is 11.4 Å². The van der Waals surface area contributed by atoms with Crippen molar-refractivity contribution in [3.8, 4) is 6.07 Å².